The number of nitrogens with zero attached hydrogens (tertiary/aromatic N) is 4. The fraction of sp³-hybridized carbons (Fsp3) is 0.0943. The zero-order valence-corrected chi connectivity index (χ0v) is 35.6. The molecule has 9 aromatic rings. The quantitative estimate of drug-likeness (QED) is 0.175. The molecule has 0 spiro atoms. The van der Waals surface area contributed by atoms with Crippen LogP contribution in [-0.2, 0) is 26.5 Å². The van der Waals surface area contributed by atoms with Crippen LogP contribution < -0.4 is 9.80 Å². The van der Waals surface area contributed by atoms with Gasteiger partial charge in [0.25, 0.3) is 0 Å². The van der Waals surface area contributed by atoms with Gasteiger partial charge in [0.1, 0.15) is 5.82 Å². The Balaban J connectivity index is 0.000000171. The number of rotatable bonds is 5. The third kappa shape index (κ3) is 7.67. The SMILES string of the molecule is Cc1[c-]c2c(cc1)c1ccccc1n2-c1cc(C(C)(C)C)ccn1.Oc1[c-]c(N2[CH-]N(c3c(-c4ccccc4)cccc3-c3ccccc3)c3ccccc32)ccc1.[Pt]. The van der Waals surface area contributed by atoms with E-state index >= 15 is 0 Å². The number of para-hydroxylation sites is 4. The molecule has 0 aliphatic carbocycles. The smallest absolute Gasteiger partial charge is 0.135 e. The Morgan fingerprint density at radius 2 is 1.20 bits per heavy atom. The third-order valence-corrected chi connectivity index (χ3v) is 10.7. The van der Waals surface area contributed by atoms with Crippen molar-refractivity contribution in [2.45, 2.75) is 33.1 Å². The molecule has 2 aromatic heterocycles. The van der Waals surface area contributed by atoms with Gasteiger partial charge in [-0.3, -0.25) is 0 Å². The maximum Gasteiger partial charge on any atom is 0.135 e. The Labute approximate surface area is 361 Å². The zero-order chi connectivity index (χ0) is 39.8. The number of aromatic hydroxyl groups is 1. The van der Waals surface area contributed by atoms with Gasteiger partial charge in [0.2, 0.25) is 0 Å². The second kappa shape index (κ2) is 16.4. The average Bonchev–Trinajstić information content (AvgIpc) is 3.80. The predicted octanol–water partition coefficient (Wildman–Crippen LogP) is 13.5. The van der Waals surface area contributed by atoms with Gasteiger partial charge in [-0.2, -0.15) is 29.8 Å². The molecule has 294 valence electrons. The van der Waals surface area contributed by atoms with Crippen LogP contribution in [0.15, 0.2) is 176 Å². The van der Waals surface area contributed by atoms with E-state index in [0.29, 0.717) is 0 Å². The summed E-state index contributed by atoms with van der Waals surface area (Å²) in [6.07, 6.45) is 1.91. The molecule has 0 fully saturated rings. The van der Waals surface area contributed by atoms with Gasteiger partial charge in [-0.1, -0.05) is 142 Å². The predicted molar refractivity (Wildman–Crippen MR) is 240 cm³/mol. The van der Waals surface area contributed by atoms with E-state index in [2.05, 4.69) is 199 Å². The van der Waals surface area contributed by atoms with Crippen molar-refractivity contribution in [3.63, 3.8) is 0 Å². The molecule has 6 heteroatoms. The van der Waals surface area contributed by atoms with Crippen molar-refractivity contribution in [2.24, 2.45) is 0 Å². The number of aromatic nitrogens is 2. The van der Waals surface area contributed by atoms with Gasteiger partial charge in [-0.25, -0.2) is 4.98 Å². The maximum absolute atomic E-state index is 10.1. The van der Waals surface area contributed by atoms with Crippen molar-refractivity contribution in [1.82, 2.24) is 9.55 Å². The monoisotopic (exact) mass is 946 g/mol. The zero-order valence-electron chi connectivity index (χ0n) is 33.4. The Bertz CT molecular complexity index is 2840. The molecular weight excluding hydrogens is 904 g/mol. The molecule has 0 atom stereocenters. The minimum atomic E-state index is 0. The fourth-order valence-corrected chi connectivity index (χ4v) is 7.81. The average molecular weight is 947 g/mol. The number of hydrogen-bond donors (Lipinski definition) is 1. The molecule has 0 unspecified atom stereocenters. The van der Waals surface area contributed by atoms with E-state index in [1.807, 2.05) is 36.5 Å². The van der Waals surface area contributed by atoms with Crippen LogP contribution in [0.3, 0.4) is 0 Å². The van der Waals surface area contributed by atoms with Crippen LogP contribution in [0.2, 0.25) is 0 Å². The van der Waals surface area contributed by atoms with Gasteiger partial charge in [0.15, 0.2) is 0 Å². The first kappa shape index (κ1) is 39.4. The van der Waals surface area contributed by atoms with Gasteiger partial charge in [-0.15, -0.1) is 35.9 Å². The molecule has 5 nitrogen and oxygen atoms in total. The van der Waals surface area contributed by atoms with Crippen molar-refractivity contribution in [3.05, 3.63) is 206 Å². The molecule has 0 saturated heterocycles. The summed E-state index contributed by atoms with van der Waals surface area (Å²) in [5.74, 6) is 1.08. The molecule has 1 N–H and O–H groups in total. The van der Waals surface area contributed by atoms with Crippen LogP contribution in [0.5, 0.6) is 5.75 Å². The molecule has 10 rings (SSSR count). The molecule has 0 amide bonds. The topological polar surface area (TPSA) is 44.5 Å². The van der Waals surface area contributed by atoms with Crippen molar-refractivity contribution >= 4 is 44.6 Å². The van der Waals surface area contributed by atoms with Crippen LogP contribution in [0.4, 0.5) is 22.7 Å². The summed E-state index contributed by atoms with van der Waals surface area (Å²) >= 11 is 0. The number of benzene rings is 7. The van der Waals surface area contributed by atoms with E-state index in [1.165, 1.54) is 21.9 Å². The van der Waals surface area contributed by atoms with E-state index in [0.717, 1.165) is 61.9 Å². The molecule has 1 aliphatic heterocycles. The maximum atomic E-state index is 10.1. The molecule has 3 heterocycles. The van der Waals surface area contributed by atoms with Crippen LogP contribution in [-0.4, -0.2) is 14.7 Å². The summed E-state index contributed by atoms with van der Waals surface area (Å²) in [5, 5.41) is 12.5. The van der Waals surface area contributed by atoms with Crippen LogP contribution in [0.25, 0.3) is 49.9 Å². The minimum absolute atomic E-state index is 0. The van der Waals surface area contributed by atoms with Crippen molar-refractivity contribution in [2.75, 3.05) is 9.80 Å². The second-order valence-corrected chi connectivity index (χ2v) is 15.6. The summed E-state index contributed by atoms with van der Waals surface area (Å²) in [4.78, 5) is 8.99. The Hall–Kier alpha value is -6.42. The Morgan fingerprint density at radius 3 is 1.86 bits per heavy atom. The summed E-state index contributed by atoms with van der Waals surface area (Å²) < 4.78 is 2.23. The Morgan fingerprint density at radius 1 is 0.593 bits per heavy atom. The van der Waals surface area contributed by atoms with Crippen LogP contribution in [0.1, 0.15) is 31.9 Å². The van der Waals surface area contributed by atoms with Crippen LogP contribution in [0, 0.1) is 25.7 Å². The molecular formula is C53H43N4OPt-3. The summed E-state index contributed by atoms with van der Waals surface area (Å²) in [6, 6.07) is 64.9. The number of phenolic OH excluding ortho intramolecular Hbond substituents is 1. The number of hydrogen-bond acceptors (Lipinski definition) is 4. The largest absolute Gasteiger partial charge is 0.534 e. The number of aryl methyl sites for hydroxylation is 1. The molecule has 59 heavy (non-hydrogen) atoms. The fourth-order valence-electron chi connectivity index (χ4n) is 7.81. The van der Waals surface area contributed by atoms with Crippen molar-refractivity contribution < 1.29 is 26.2 Å². The minimum Gasteiger partial charge on any atom is -0.534 e. The molecule has 0 saturated carbocycles. The van der Waals surface area contributed by atoms with E-state index in [-0.39, 0.29) is 32.2 Å². The summed E-state index contributed by atoms with van der Waals surface area (Å²) in [5.41, 5.74) is 13.4. The number of pyridine rings is 1. The van der Waals surface area contributed by atoms with Gasteiger partial charge in [0, 0.05) is 66.7 Å². The Kier molecular flexibility index (Phi) is 11.0. The van der Waals surface area contributed by atoms with Gasteiger partial charge in [0.05, 0.1) is 0 Å². The molecule has 0 radical (unpaired) electrons. The first-order chi connectivity index (χ1) is 28.2. The number of fused-ring (bicyclic) bond motifs is 4. The molecule has 7 aromatic carbocycles. The van der Waals surface area contributed by atoms with Crippen molar-refractivity contribution in [1.29, 1.82) is 0 Å². The van der Waals surface area contributed by atoms with Gasteiger partial charge in [-0.05, 0) is 57.8 Å². The van der Waals surface area contributed by atoms with E-state index in [4.69, 9.17) is 0 Å². The van der Waals surface area contributed by atoms with Crippen molar-refractivity contribution in [3.8, 4) is 33.8 Å². The normalized spacial score (nSPS) is 12.2. The standard InChI is InChI=1S/C31H22N2O.C22H21N2.Pt/c34-26-16-9-15-25(21-26)32-22-33(30-20-8-7-19-29(30)32)31-27(23-11-3-1-4-12-23)17-10-18-28(31)24-13-5-2-6-14-24;1-15-9-10-18-17-7-5-6-8-19(17)24(20(18)13-15)21-14-16(11-12-23-21)22(2,3)4;/h1-20,22,34H;5-12,14H,1-4H3;/q-2;-1;. The summed E-state index contributed by atoms with van der Waals surface area (Å²) in [7, 11) is 0. The molecule has 1 aliphatic rings. The van der Waals surface area contributed by atoms with Crippen LogP contribution >= 0.6 is 0 Å². The van der Waals surface area contributed by atoms with E-state index in [1.54, 1.807) is 6.07 Å². The number of anilines is 4. The third-order valence-electron chi connectivity index (χ3n) is 10.7. The first-order valence-corrected chi connectivity index (χ1v) is 19.6. The van der Waals surface area contributed by atoms with E-state index in [9.17, 15) is 5.11 Å². The first-order valence-electron chi connectivity index (χ1n) is 19.6. The number of phenols is 1. The summed E-state index contributed by atoms with van der Waals surface area (Å²) in [6.45, 7) is 10.9. The van der Waals surface area contributed by atoms with E-state index < -0.39 is 0 Å². The van der Waals surface area contributed by atoms with Gasteiger partial charge < -0.3 is 19.5 Å². The van der Waals surface area contributed by atoms with Gasteiger partial charge >= 0.3 is 0 Å². The molecule has 0 bridgehead atoms. The second-order valence-electron chi connectivity index (χ2n) is 15.6.